The van der Waals surface area contributed by atoms with Gasteiger partial charge in [0.15, 0.2) is 57.5 Å². The predicted octanol–water partition coefficient (Wildman–Crippen LogP) is 3.14. The van der Waals surface area contributed by atoms with Crippen LogP contribution in [0, 0.1) is 0 Å². The fourth-order valence-corrected chi connectivity index (χ4v) is 1.31. The molecule has 0 radical (unpaired) electrons. The maximum absolute atomic E-state index is 4.98. The van der Waals surface area contributed by atoms with Crippen molar-refractivity contribution < 1.29 is 6.13 Å². The summed E-state index contributed by atoms with van der Waals surface area (Å²) < 4.78 is 9.95. The van der Waals surface area contributed by atoms with E-state index in [1.54, 1.807) is 0 Å². The maximum atomic E-state index is 4.98. The van der Waals surface area contributed by atoms with Crippen LogP contribution < -0.4 is 6.13 Å². The number of halogens is 2. The van der Waals surface area contributed by atoms with Crippen molar-refractivity contribution in [3.8, 4) is 11.5 Å². The summed E-state index contributed by atoms with van der Waals surface area (Å²) in [6.07, 6.45) is 0. The van der Waals surface area contributed by atoms with Gasteiger partial charge in [0.1, 0.15) is 0 Å². The molecule has 0 amide bonds. The smallest absolute Gasteiger partial charge is 0.192 e. The van der Waals surface area contributed by atoms with Gasteiger partial charge in [0.05, 0.1) is 0 Å². The Labute approximate surface area is 87.3 Å². The zero-order chi connectivity index (χ0) is 7.40. The molecular formula is C6H4I2O2. The second-order valence-electron chi connectivity index (χ2n) is 1.60. The first kappa shape index (κ1) is 8.38. The molecule has 4 heteroatoms. The van der Waals surface area contributed by atoms with Crippen LogP contribution in [0.15, 0.2) is 24.3 Å². The highest BCUT2D eigenvalue weighted by Crippen LogP contribution is 2.28. The van der Waals surface area contributed by atoms with Gasteiger partial charge in [-0.15, -0.1) is 0 Å². The lowest BCUT2D eigenvalue weighted by atomic mass is 10.3. The van der Waals surface area contributed by atoms with Gasteiger partial charge in [-0.2, -0.15) is 0 Å². The van der Waals surface area contributed by atoms with Gasteiger partial charge in [-0.1, -0.05) is 12.1 Å². The van der Waals surface area contributed by atoms with Crippen molar-refractivity contribution >= 4 is 46.0 Å². The van der Waals surface area contributed by atoms with Crippen LogP contribution in [-0.2, 0) is 0 Å². The van der Waals surface area contributed by atoms with E-state index in [0.717, 1.165) is 11.5 Å². The first-order valence-electron chi connectivity index (χ1n) is 2.54. The third-order valence-corrected chi connectivity index (χ3v) is 1.96. The molecule has 0 saturated carbocycles. The second kappa shape index (κ2) is 4.22. The molecular weight excluding hydrogens is 358 g/mol. The lowest BCUT2D eigenvalue weighted by molar-refractivity contribution is 0.636. The molecule has 1 aromatic carbocycles. The van der Waals surface area contributed by atoms with E-state index in [0.29, 0.717) is 0 Å². The van der Waals surface area contributed by atoms with Crippen molar-refractivity contribution in [1.82, 2.24) is 0 Å². The number of hydrogen-bond donors (Lipinski definition) is 0. The summed E-state index contributed by atoms with van der Waals surface area (Å²) in [6, 6.07) is 7.49. The van der Waals surface area contributed by atoms with Crippen molar-refractivity contribution in [3.05, 3.63) is 24.3 Å². The van der Waals surface area contributed by atoms with Crippen LogP contribution in [0.25, 0.3) is 0 Å². The van der Waals surface area contributed by atoms with E-state index in [1.807, 2.05) is 70.3 Å². The third kappa shape index (κ3) is 1.88. The number of hydrogen-bond acceptors (Lipinski definition) is 2. The van der Waals surface area contributed by atoms with Gasteiger partial charge in [-0.25, -0.2) is 0 Å². The van der Waals surface area contributed by atoms with E-state index >= 15 is 0 Å². The van der Waals surface area contributed by atoms with Gasteiger partial charge >= 0.3 is 0 Å². The summed E-state index contributed by atoms with van der Waals surface area (Å²) in [6.45, 7) is 0. The molecule has 1 aromatic rings. The van der Waals surface area contributed by atoms with Crippen molar-refractivity contribution in [2.24, 2.45) is 0 Å². The highest BCUT2D eigenvalue weighted by atomic mass is 127. The minimum atomic E-state index is 0.748. The summed E-state index contributed by atoms with van der Waals surface area (Å²) in [5, 5.41) is 0. The fourth-order valence-electron chi connectivity index (χ4n) is 0.578. The molecule has 10 heavy (non-hydrogen) atoms. The van der Waals surface area contributed by atoms with Crippen molar-refractivity contribution in [2.45, 2.75) is 0 Å². The minimum absolute atomic E-state index is 0.748. The van der Waals surface area contributed by atoms with E-state index in [9.17, 15) is 0 Å². The van der Waals surface area contributed by atoms with Gasteiger partial charge in [-0.3, -0.25) is 0 Å². The molecule has 0 fully saturated rings. The molecule has 0 saturated heterocycles. The SMILES string of the molecule is IOc1ccccc1OI. The predicted molar refractivity (Wildman–Crippen MR) is 55.7 cm³/mol. The average Bonchev–Trinajstić information content (AvgIpc) is 2.04. The first-order chi connectivity index (χ1) is 4.88. The lowest BCUT2D eigenvalue weighted by Gasteiger charge is -2.00. The molecule has 0 bridgehead atoms. The van der Waals surface area contributed by atoms with Gasteiger partial charge in [0.2, 0.25) is 0 Å². The Balaban J connectivity index is 2.96. The number of rotatable bonds is 2. The van der Waals surface area contributed by atoms with Crippen LogP contribution in [0.1, 0.15) is 0 Å². The molecule has 0 aliphatic heterocycles. The van der Waals surface area contributed by atoms with Crippen LogP contribution in [0.4, 0.5) is 0 Å². The maximum Gasteiger partial charge on any atom is 0.192 e. The molecule has 54 valence electrons. The van der Waals surface area contributed by atoms with E-state index in [4.69, 9.17) is 6.13 Å². The first-order valence-corrected chi connectivity index (χ1v) is 4.31. The second-order valence-corrected chi connectivity index (χ2v) is 2.48. The fraction of sp³-hybridized carbons (Fsp3) is 0. The highest BCUT2D eigenvalue weighted by Gasteiger charge is 1.99. The largest absolute Gasteiger partial charge is 0.424 e. The number of benzene rings is 1. The van der Waals surface area contributed by atoms with Gasteiger partial charge in [0, 0.05) is 0 Å². The number of para-hydroxylation sites is 2. The summed E-state index contributed by atoms with van der Waals surface area (Å²) in [4.78, 5) is 0. The zero-order valence-electron chi connectivity index (χ0n) is 4.88. The molecule has 0 atom stereocenters. The van der Waals surface area contributed by atoms with Crippen LogP contribution >= 0.6 is 46.0 Å². The van der Waals surface area contributed by atoms with Crippen LogP contribution in [0.3, 0.4) is 0 Å². The topological polar surface area (TPSA) is 18.5 Å². The van der Waals surface area contributed by atoms with Crippen molar-refractivity contribution in [1.29, 1.82) is 0 Å². The van der Waals surface area contributed by atoms with Crippen molar-refractivity contribution in [2.75, 3.05) is 0 Å². The lowest BCUT2D eigenvalue weighted by Crippen LogP contribution is -1.78. The molecule has 0 aliphatic rings. The van der Waals surface area contributed by atoms with E-state index < -0.39 is 0 Å². The molecule has 2 nitrogen and oxygen atoms in total. The average molecular weight is 362 g/mol. The summed E-state index contributed by atoms with van der Waals surface area (Å²) in [5.41, 5.74) is 0. The van der Waals surface area contributed by atoms with Crippen molar-refractivity contribution in [3.63, 3.8) is 0 Å². The van der Waals surface area contributed by atoms with Crippen LogP contribution in [0.2, 0.25) is 0 Å². The van der Waals surface area contributed by atoms with Gasteiger partial charge < -0.3 is 6.13 Å². The molecule has 0 N–H and O–H groups in total. The Morgan fingerprint density at radius 1 is 0.900 bits per heavy atom. The molecule has 0 spiro atoms. The van der Waals surface area contributed by atoms with Crippen LogP contribution in [0.5, 0.6) is 11.5 Å². The molecule has 0 aromatic heterocycles. The molecule has 0 heterocycles. The van der Waals surface area contributed by atoms with E-state index in [-0.39, 0.29) is 0 Å². The monoisotopic (exact) mass is 362 g/mol. The quantitative estimate of drug-likeness (QED) is 0.753. The highest BCUT2D eigenvalue weighted by molar-refractivity contribution is 14.1. The Bertz CT molecular complexity index is 192. The van der Waals surface area contributed by atoms with E-state index in [1.165, 1.54) is 0 Å². The minimum Gasteiger partial charge on any atom is -0.424 e. The summed E-state index contributed by atoms with van der Waals surface area (Å²) in [5.74, 6) is 1.50. The Kier molecular flexibility index (Phi) is 3.53. The Morgan fingerprint density at radius 3 is 1.60 bits per heavy atom. The van der Waals surface area contributed by atoms with Crippen LogP contribution in [-0.4, -0.2) is 0 Å². The molecule has 0 unspecified atom stereocenters. The zero-order valence-corrected chi connectivity index (χ0v) is 9.20. The Hall–Kier alpha value is 0.280. The standard InChI is InChI=1S/C6H4I2O2/c7-9-5-3-1-2-4-6(5)10-8/h1-4H. The van der Waals surface area contributed by atoms with E-state index in [2.05, 4.69) is 0 Å². The summed E-state index contributed by atoms with van der Waals surface area (Å²) in [7, 11) is 0. The normalized spacial score (nSPS) is 9.00. The summed E-state index contributed by atoms with van der Waals surface area (Å²) >= 11 is 3.64. The van der Waals surface area contributed by atoms with Gasteiger partial charge in [-0.05, 0) is 12.1 Å². The Morgan fingerprint density at radius 2 is 1.30 bits per heavy atom. The van der Waals surface area contributed by atoms with Gasteiger partial charge in [0.25, 0.3) is 0 Å². The molecule has 0 aliphatic carbocycles. The molecule has 1 rings (SSSR count). The third-order valence-electron chi connectivity index (χ3n) is 1.02.